The fourth-order valence-corrected chi connectivity index (χ4v) is 1.03. The molecule has 13 heavy (non-hydrogen) atoms. The van der Waals surface area contributed by atoms with Gasteiger partial charge in [-0.25, -0.2) is 10.8 Å². The summed E-state index contributed by atoms with van der Waals surface area (Å²) in [5.74, 6) is 5.31. The van der Waals surface area contributed by atoms with Crippen molar-refractivity contribution in [2.75, 3.05) is 0 Å². The second-order valence-corrected chi connectivity index (χ2v) is 2.83. The monoisotopic (exact) mass is 178 g/mol. The van der Waals surface area contributed by atoms with Crippen molar-refractivity contribution in [2.45, 2.75) is 13.5 Å². The number of nitrogens with one attached hydrogen (secondary N) is 1. The first-order valence-corrected chi connectivity index (χ1v) is 4.04. The quantitative estimate of drug-likeness (QED) is 0.263. The summed E-state index contributed by atoms with van der Waals surface area (Å²) in [6.07, 6.45) is 0. The highest BCUT2D eigenvalue weighted by molar-refractivity contribution is 5.77. The molecule has 0 heterocycles. The lowest BCUT2D eigenvalue weighted by Crippen LogP contribution is -2.37. The number of nitrogens with two attached hydrogens (primary N) is 2. The Morgan fingerprint density at radius 2 is 2.31 bits per heavy atom. The third-order valence-electron chi connectivity index (χ3n) is 1.66. The Balaban J connectivity index is 2.64. The third-order valence-corrected chi connectivity index (χ3v) is 1.66. The number of nitrogens with zero attached hydrogens (tertiary/aromatic N) is 1. The van der Waals surface area contributed by atoms with Gasteiger partial charge in [0.25, 0.3) is 0 Å². The molecular weight excluding hydrogens is 164 g/mol. The molecule has 0 unspecified atom stereocenters. The number of benzene rings is 1. The van der Waals surface area contributed by atoms with Gasteiger partial charge in [0.2, 0.25) is 5.96 Å². The summed E-state index contributed by atoms with van der Waals surface area (Å²) >= 11 is 0. The van der Waals surface area contributed by atoms with Crippen molar-refractivity contribution in [1.29, 1.82) is 0 Å². The Bertz CT molecular complexity index is 306. The standard InChI is InChI=1S/C9H14N4/c1-7-3-2-4-8(5-7)6-12-9(10)13-11/h2-5H,6,11H2,1H3,(H3,10,12,13). The van der Waals surface area contributed by atoms with Crippen LogP contribution in [0.2, 0.25) is 0 Å². The van der Waals surface area contributed by atoms with Crippen LogP contribution in [0.5, 0.6) is 0 Å². The zero-order valence-electron chi connectivity index (χ0n) is 7.62. The van der Waals surface area contributed by atoms with E-state index in [-0.39, 0.29) is 5.96 Å². The van der Waals surface area contributed by atoms with Crippen LogP contribution in [-0.4, -0.2) is 5.96 Å². The molecule has 0 amide bonds. The molecule has 0 aliphatic carbocycles. The van der Waals surface area contributed by atoms with E-state index in [1.54, 1.807) is 0 Å². The molecule has 0 atom stereocenters. The SMILES string of the molecule is Cc1cccc(CN=C(N)NN)c1. The highest BCUT2D eigenvalue weighted by Gasteiger charge is 1.91. The average Bonchev–Trinajstić information content (AvgIpc) is 2.14. The predicted molar refractivity (Wildman–Crippen MR) is 53.8 cm³/mol. The predicted octanol–water partition coefficient (Wildman–Crippen LogP) is 0.273. The Kier molecular flexibility index (Phi) is 3.28. The Labute approximate surface area is 77.6 Å². The van der Waals surface area contributed by atoms with Crippen LogP contribution in [0.3, 0.4) is 0 Å². The van der Waals surface area contributed by atoms with Gasteiger partial charge in [-0.2, -0.15) is 0 Å². The van der Waals surface area contributed by atoms with Crippen molar-refractivity contribution in [3.05, 3.63) is 35.4 Å². The number of rotatable bonds is 2. The molecule has 5 N–H and O–H groups in total. The average molecular weight is 178 g/mol. The molecule has 0 aromatic heterocycles. The second kappa shape index (κ2) is 4.47. The first-order chi connectivity index (χ1) is 6.22. The van der Waals surface area contributed by atoms with Gasteiger partial charge in [0.1, 0.15) is 0 Å². The molecular formula is C9H14N4. The molecule has 0 fully saturated rings. The minimum absolute atomic E-state index is 0.251. The molecule has 0 bridgehead atoms. The maximum atomic E-state index is 5.37. The van der Waals surface area contributed by atoms with Crippen LogP contribution in [0.4, 0.5) is 0 Å². The van der Waals surface area contributed by atoms with Crippen LogP contribution in [0.25, 0.3) is 0 Å². The lowest BCUT2D eigenvalue weighted by atomic mass is 10.1. The van der Waals surface area contributed by atoms with Crippen molar-refractivity contribution < 1.29 is 0 Å². The molecule has 0 aliphatic rings. The molecule has 0 aliphatic heterocycles. The van der Waals surface area contributed by atoms with Crippen LogP contribution in [0.15, 0.2) is 29.3 Å². The van der Waals surface area contributed by atoms with Crippen molar-refractivity contribution >= 4 is 5.96 Å². The van der Waals surface area contributed by atoms with E-state index in [4.69, 9.17) is 11.6 Å². The summed E-state index contributed by atoms with van der Waals surface area (Å²) in [7, 11) is 0. The molecule has 4 nitrogen and oxygen atoms in total. The molecule has 1 aromatic carbocycles. The molecule has 1 aromatic rings. The van der Waals surface area contributed by atoms with E-state index in [0.717, 1.165) is 5.56 Å². The molecule has 1 rings (SSSR count). The van der Waals surface area contributed by atoms with E-state index >= 15 is 0 Å². The molecule has 70 valence electrons. The van der Waals surface area contributed by atoms with Crippen LogP contribution < -0.4 is 17.0 Å². The summed E-state index contributed by atoms with van der Waals surface area (Å²) in [5.41, 5.74) is 9.99. The lowest BCUT2D eigenvalue weighted by Gasteiger charge is -2.00. The van der Waals surface area contributed by atoms with Crippen LogP contribution in [0.1, 0.15) is 11.1 Å². The number of hydrazine groups is 1. The summed E-state index contributed by atoms with van der Waals surface area (Å²) in [5, 5.41) is 0. The Morgan fingerprint density at radius 3 is 2.92 bits per heavy atom. The lowest BCUT2D eigenvalue weighted by molar-refractivity contribution is 0.957. The topological polar surface area (TPSA) is 76.4 Å². The van der Waals surface area contributed by atoms with Gasteiger partial charge in [0.15, 0.2) is 0 Å². The first-order valence-electron chi connectivity index (χ1n) is 4.04. The van der Waals surface area contributed by atoms with Gasteiger partial charge in [-0.3, -0.25) is 5.43 Å². The minimum Gasteiger partial charge on any atom is -0.369 e. The summed E-state index contributed by atoms with van der Waals surface area (Å²) in [4.78, 5) is 4.01. The van der Waals surface area contributed by atoms with Gasteiger partial charge < -0.3 is 5.73 Å². The number of hydrogen-bond acceptors (Lipinski definition) is 2. The van der Waals surface area contributed by atoms with E-state index in [2.05, 4.69) is 16.5 Å². The number of aryl methyl sites for hydroxylation is 1. The largest absolute Gasteiger partial charge is 0.369 e. The van der Waals surface area contributed by atoms with Crippen LogP contribution in [-0.2, 0) is 6.54 Å². The second-order valence-electron chi connectivity index (χ2n) is 2.83. The summed E-state index contributed by atoms with van der Waals surface area (Å²) in [6, 6.07) is 8.09. The van der Waals surface area contributed by atoms with Gasteiger partial charge in [0.05, 0.1) is 6.54 Å². The minimum atomic E-state index is 0.251. The zero-order valence-corrected chi connectivity index (χ0v) is 7.62. The van der Waals surface area contributed by atoms with Crippen LogP contribution >= 0.6 is 0 Å². The van der Waals surface area contributed by atoms with Crippen molar-refractivity contribution in [1.82, 2.24) is 5.43 Å². The highest BCUT2D eigenvalue weighted by atomic mass is 15.3. The van der Waals surface area contributed by atoms with E-state index in [0.29, 0.717) is 6.54 Å². The van der Waals surface area contributed by atoms with E-state index in [1.165, 1.54) is 5.56 Å². The zero-order chi connectivity index (χ0) is 9.68. The number of guanidine groups is 1. The highest BCUT2D eigenvalue weighted by Crippen LogP contribution is 2.04. The first kappa shape index (κ1) is 9.54. The fraction of sp³-hybridized carbons (Fsp3) is 0.222. The van der Waals surface area contributed by atoms with Crippen molar-refractivity contribution in [2.24, 2.45) is 16.6 Å². The maximum Gasteiger partial charge on any atom is 0.203 e. The summed E-state index contributed by atoms with van der Waals surface area (Å²) < 4.78 is 0. The normalized spacial score (nSPS) is 11.4. The Morgan fingerprint density at radius 1 is 1.54 bits per heavy atom. The molecule has 4 heteroatoms. The van der Waals surface area contributed by atoms with E-state index in [9.17, 15) is 0 Å². The molecule has 0 radical (unpaired) electrons. The number of aliphatic imine (C=N–C) groups is 1. The van der Waals surface area contributed by atoms with Gasteiger partial charge in [-0.1, -0.05) is 29.8 Å². The fourth-order valence-electron chi connectivity index (χ4n) is 1.03. The van der Waals surface area contributed by atoms with Gasteiger partial charge in [-0.15, -0.1) is 0 Å². The van der Waals surface area contributed by atoms with E-state index in [1.807, 2.05) is 25.1 Å². The van der Waals surface area contributed by atoms with Crippen LogP contribution in [0, 0.1) is 6.92 Å². The molecule has 0 spiro atoms. The van der Waals surface area contributed by atoms with Gasteiger partial charge >= 0.3 is 0 Å². The third kappa shape index (κ3) is 3.13. The van der Waals surface area contributed by atoms with Crippen molar-refractivity contribution in [3.8, 4) is 0 Å². The smallest absolute Gasteiger partial charge is 0.203 e. The van der Waals surface area contributed by atoms with E-state index < -0.39 is 0 Å². The molecule has 0 saturated heterocycles. The number of hydrogen-bond donors (Lipinski definition) is 3. The maximum absolute atomic E-state index is 5.37. The van der Waals surface area contributed by atoms with Gasteiger partial charge in [0, 0.05) is 0 Å². The molecule has 0 saturated carbocycles. The Hall–Kier alpha value is -1.55. The summed E-state index contributed by atoms with van der Waals surface area (Å²) in [6.45, 7) is 2.59. The van der Waals surface area contributed by atoms with Crippen molar-refractivity contribution in [3.63, 3.8) is 0 Å². The van der Waals surface area contributed by atoms with Gasteiger partial charge in [-0.05, 0) is 12.5 Å².